The van der Waals surface area contributed by atoms with Crippen LogP contribution in [0.5, 0.6) is 0 Å². The van der Waals surface area contributed by atoms with Crippen LogP contribution in [0.1, 0.15) is 30.9 Å². The van der Waals surface area contributed by atoms with Gasteiger partial charge in [0.2, 0.25) is 0 Å². The Morgan fingerprint density at radius 1 is 1.33 bits per heavy atom. The Morgan fingerprint density at radius 3 is 2.53 bits per heavy atom. The Morgan fingerprint density at radius 2 is 2.00 bits per heavy atom. The van der Waals surface area contributed by atoms with E-state index in [0.29, 0.717) is 0 Å². The van der Waals surface area contributed by atoms with Crippen LogP contribution < -0.4 is 5.73 Å². The Bertz CT molecular complexity index is 381. The Balaban J connectivity index is 2.65. The lowest BCUT2D eigenvalue weighted by Crippen LogP contribution is -2.06. The van der Waals surface area contributed by atoms with E-state index in [-0.39, 0.29) is 0 Å². The molecule has 0 aliphatic carbocycles. The van der Waals surface area contributed by atoms with Gasteiger partial charge in [0.05, 0.1) is 0 Å². The maximum absolute atomic E-state index is 10.4. The summed E-state index contributed by atoms with van der Waals surface area (Å²) in [6.45, 7) is 2.17. The van der Waals surface area contributed by atoms with Crippen LogP contribution in [0.2, 0.25) is 0 Å². The molecule has 2 heteroatoms. The topological polar surface area (TPSA) is 43.1 Å². The van der Waals surface area contributed by atoms with Crippen LogP contribution in [0.4, 0.5) is 0 Å². The number of amides is 1. The zero-order valence-corrected chi connectivity index (χ0v) is 8.92. The Kier molecular flexibility index (Phi) is 4.43. The number of nitrogens with two attached hydrogens (primary N) is 1. The van der Waals surface area contributed by atoms with Crippen LogP contribution in [0.15, 0.2) is 24.3 Å². The molecule has 15 heavy (non-hydrogen) atoms. The fourth-order valence-corrected chi connectivity index (χ4v) is 1.27. The van der Waals surface area contributed by atoms with Gasteiger partial charge in [-0.3, -0.25) is 4.79 Å². The predicted molar refractivity (Wildman–Crippen MR) is 61.1 cm³/mol. The van der Waals surface area contributed by atoms with E-state index in [4.69, 9.17) is 5.73 Å². The third-order valence-electron chi connectivity index (χ3n) is 2.10. The van der Waals surface area contributed by atoms with Gasteiger partial charge in [-0.2, -0.15) is 0 Å². The molecule has 0 radical (unpaired) electrons. The van der Waals surface area contributed by atoms with Gasteiger partial charge < -0.3 is 5.73 Å². The second-order valence-corrected chi connectivity index (χ2v) is 3.41. The molecule has 0 bridgehead atoms. The molecule has 0 aliphatic rings. The molecular formula is C13H15NO. The molecule has 0 spiro atoms. The standard InChI is InChI=1S/C13H15NO/c1-2-3-4-11-5-7-12(8-6-11)9-10-13(14)15/h5-8H,2-4H2,1H3,(H2,14,15). The summed E-state index contributed by atoms with van der Waals surface area (Å²) in [5.41, 5.74) is 7.06. The van der Waals surface area contributed by atoms with Gasteiger partial charge in [0, 0.05) is 5.56 Å². The lowest BCUT2D eigenvalue weighted by atomic mass is 10.1. The lowest BCUT2D eigenvalue weighted by Gasteiger charge is -1.98. The molecule has 78 valence electrons. The average Bonchev–Trinajstić information content (AvgIpc) is 2.25. The van der Waals surface area contributed by atoms with Crippen molar-refractivity contribution in [3.8, 4) is 11.8 Å². The highest BCUT2D eigenvalue weighted by atomic mass is 16.1. The van der Waals surface area contributed by atoms with Crippen molar-refractivity contribution < 1.29 is 4.79 Å². The summed E-state index contributed by atoms with van der Waals surface area (Å²) in [6, 6.07) is 7.92. The summed E-state index contributed by atoms with van der Waals surface area (Å²) >= 11 is 0. The van der Waals surface area contributed by atoms with E-state index < -0.39 is 5.91 Å². The quantitative estimate of drug-likeness (QED) is 0.745. The van der Waals surface area contributed by atoms with Crippen molar-refractivity contribution in [3.05, 3.63) is 35.4 Å². The van der Waals surface area contributed by atoms with Crippen molar-refractivity contribution in [1.82, 2.24) is 0 Å². The minimum Gasteiger partial charge on any atom is -0.359 e. The smallest absolute Gasteiger partial charge is 0.293 e. The fraction of sp³-hybridized carbons (Fsp3) is 0.308. The highest BCUT2D eigenvalue weighted by Crippen LogP contribution is 2.06. The Labute approximate surface area is 90.5 Å². The first-order valence-electron chi connectivity index (χ1n) is 5.12. The van der Waals surface area contributed by atoms with Gasteiger partial charge in [-0.15, -0.1) is 0 Å². The molecule has 0 aliphatic heterocycles. The summed E-state index contributed by atoms with van der Waals surface area (Å²) in [7, 11) is 0. The lowest BCUT2D eigenvalue weighted by molar-refractivity contribution is -0.112. The number of carbonyl (C=O) groups excluding carboxylic acids is 1. The summed E-state index contributed by atoms with van der Waals surface area (Å²) in [5, 5.41) is 0. The summed E-state index contributed by atoms with van der Waals surface area (Å²) in [4.78, 5) is 10.4. The predicted octanol–water partition coefficient (Wildman–Crippen LogP) is 1.87. The zero-order chi connectivity index (χ0) is 11.1. The molecule has 0 unspecified atom stereocenters. The van der Waals surface area contributed by atoms with Crippen molar-refractivity contribution in [1.29, 1.82) is 0 Å². The molecular weight excluding hydrogens is 186 g/mol. The first-order valence-corrected chi connectivity index (χ1v) is 5.12. The molecule has 0 fully saturated rings. The zero-order valence-electron chi connectivity index (χ0n) is 8.92. The van der Waals surface area contributed by atoms with E-state index >= 15 is 0 Å². The van der Waals surface area contributed by atoms with E-state index in [1.807, 2.05) is 24.3 Å². The number of carbonyl (C=O) groups is 1. The van der Waals surface area contributed by atoms with Gasteiger partial charge in [-0.25, -0.2) is 0 Å². The van der Waals surface area contributed by atoms with Gasteiger partial charge in [-0.1, -0.05) is 31.4 Å². The molecule has 0 saturated heterocycles. The van der Waals surface area contributed by atoms with Crippen molar-refractivity contribution in [2.45, 2.75) is 26.2 Å². The van der Waals surface area contributed by atoms with Gasteiger partial charge in [0.15, 0.2) is 0 Å². The molecule has 1 aromatic carbocycles. The van der Waals surface area contributed by atoms with Gasteiger partial charge >= 0.3 is 0 Å². The van der Waals surface area contributed by atoms with Gasteiger partial charge in [-0.05, 0) is 36.5 Å². The van der Waals surface area contributed by atoms with E-state index in [0.717, 1.165) is 12.0 Å². The number of aryl methyl sites for hydroxylation is 1. The van der Waals surface area contributed by atoms with Crippen molar-refractivity contribution in [2.24, 2.45) is 5.73 Å². The molecule has 0 saturated carbocycles. The summed E-state index contributed by atoms with van der Waals surface area (Å²) < 4.78 is 0. The number of unbranched alkanes of at least 4 members (excludes halogenated alkanes) is 1. The third-order valence-corrected chi connectivity index (χ3v) is 2.10. The first-order chi connectivity index (χ1) is 7.22. The number of primary amides is 1. The van der Waals surface area contributed by atoms with E-state index in [1.54, 1.807) is 0 Å². The molecule has 1 aromatic rings. The third kappa shape index (κ3) is 4.33. The van der Waals surface area contributed by atoms with Crippen LogP contribution >= 0.6 is 0 Å². The first kappa shape index (κ1) is 11.3. The van der Waals surface area contributed by atoms with Crippen LogP contribution in [0, 0.1) is 11.8 Å². The maximum atomic E-state index is 10.4. The average molecular weight is 201 g/mol. The van der Waals surface area contributed by atoms with Crippen molar-refractivity contribution >= 4 is 5.91 Å². The monoisotopic (exact) mass is 201 g/mol. The van der Waals surface area contributed by atoms with Gasteiger partial charge in [0.1, 0.15) is 0 Å². The van der Waals surface area contributed by atoms with Crippen LogP contribution in [0.3, 0.4) is 0 Å². The van der Waals surface area contributed by atoms with Crippen LogP contribution in [0.25, 0.3) is 0 Å². The summed E-state index contributed by atoms with van der Waals surface area (Å²) in [6.07, 6.45) is 3.50. The minimum absolute atomic E-state index is 0.593. The molecule has 1 rings (SSSR count). The number of hydrogen-bond donors (Lipinski definition) is 1. The number of benzene rings is 1. The molecule has 0 atom stereocenters. The number of rotatable bonds is 3. The van der Waals surface area contributed by atoms with E-state index in [9.17, 15) is 4.79 Å². The highest BCUT2D eigenvalue weighted by Gasteiger charge is 1.92. The Hall–Kier alpha value is -1.75. The fourth-order valence-electron chi connectivity index (χ4n) is 1.27. The largest absolute Gasteiger partial charge is 0.359 e. The molecule has 0 aromatic heterocycles. The second-order valence-electron chi connectivity index (χ2n) is 3.41. The van der Waals surface area contributed by atoms with Crippen LogP contribution in [-0.4, -0.2) is 5.91 Å². The molecule has 0 heterocycles. The van der Waals surface area contributed by atoms with Crippen LogP contribution in [-0.2, 0) is 11.2 Å². The summed E-state index contributed by atoms with van der Waals surface area (Å²) in [5.74, 6) is 4.42. The van der Waals surface area contributed by atoms with E-state index in [1.165, 1.54) is 18.4 Å². The van der Waals surface area contributed by atoms with E-state index in [2.05, 4.69) is 18.8 Å². The van der Waals surface area contributed by atoms with Crippen molar-refractivity contribution in [3.63, 3.8) is 0 Å². The SMILES string of the molecule is CCCCc1ccc(C#CC(N)=O)cc1. The molecule has 2 N–H and O–H groups in total. The second kappa shape index (κ2) is 5.87. The molecule has 1 amide bonds. The highest BCUT2D eigenvalue weighted by molar-refractivity contribution is 5.92. The molecule has 2 nitrogen and oxygen atoms in total. The van der Waals surface area contributed by atoms with Gasteiger partial charge in [0.25, 0.3) is 5.91 Å². The maximum Gasteiger partial charge on any atom is 0.293 e. The van der Waals surface area contributed by atoms with Crippen molar-refractivity contribution in [2.75, 3.05) is 0 Å². The number of hydrogen-bond acceptors (Lipinski definition) is 1. The normalized spacial score (nSPS) is 9.13. The minimum atomic E-state index is -0.593.